The van der Waals surface area contributed by atoms with Crippen molar-refractivity contribution in [3.05, 3.63) is 33.3 Å². The van der Waals surface area contributed by atoms with Crippen molar-refractivity contribution in [2.24, 2.45) is 5.92 Å². The largest absolute Gasteiger partial charge is 0.273 e. The van der Waals surface area contributed by atoms with Crippen molar-refractivity contribution in [2.75, 3.05) is 0 Å². The number of hydrogen-bond acceptors (Lipinski definition) is 2. The molecule has 0 heterocycles. The third kappa shape index (κ3) is 4.66. The molecule has 2 amide bonds. The normalized spacial score (nSPS) is 10.3. The van der Waals surface area contributed by atoms with Crippen LogP contribution in [-0.2, 0) is 4.79 Å². The standard InChI is InChI=1S/C12H14BrClN2O2/c1-7(2)5-11(17)15-16-12(18)9-6-8(13)3-4-10(9)14/h3-4,6-7H,5H2,1-2H3,(H,15,17)(H,16,18). The lowest BCUT2D eigenvalue weighted by molar-refractivity contribution is -0.122. The van der Waals surface area contributed by atoms with Crippen LogP contribution >= 0.6 is 27.5 Å². The molecule has 0 radical (unpaired) electrons. The quantitative estimate of drug-likeness (QED) is 0.836. The summed E-state index contributed by atoms with van der Waals surface area (Å²) in [6.07, 6.45) is 0.354. The second kappa shape index (κ2) is 6.75. The molecular weight excluding hydrogens is 320 g/mol. The summed E-state index contributed by atoms with van der Waals surface area (Å²) < 4.78 is 0.741. The molecule has 0 aliphatic rings. The van der Waals surface area contributed by atoms with Crippen molar-refractivity contribution in [3.8, 4) is 0 Å². The maximum atomic E-state index is 11.8. The number of carbonyl (C=O) groups is 2. The first kappa shape index (κ1) is 15.0. The van der Waals surface area contributed by atoms with Gasteiger partial charge in [-0.25, -0.2) is 0 Å². The van der Waals surface area contributed by atoms with Crippen LogP contribution in [0.2, 0.25) is 5.02 Å². The summed E-state index contributed by atoms with van der Waals surface area (Å²) in [7, 11) is 0. The molecule has 98 valence electrons. The monoisotopic (exact) mass is 332 g/mol. The van der Waals surface area contributed by atoms with E-state index in [0.717, 1.165) is 4.47 Å². The van der Waals surface area contributed by atoms with Crippen LogP contribution in [0.3, 0.4) is 0 Å². The van der Waals surface area contributed by atoms with Crippen molar-refractivity contribution in [1.82, 2.24) is 10.9 Å². The van der Waals surface area contributed by atoms with Gasteiger partial charge in [-0.2, -0.15) is 0 Å². The molecule has 0 aliphatic heterocycles. The van der Waals surface area contributed by atoms with Gasteiger partial charge < -0.3 is 0 Å². The lowest BCUT2D eigenvalue weighted by Gasteiger charge is -2.09. The summed E-state index contributed by atoms with van der Waals surface area (Å²) in [5.74, 6) is -0.445. The smallest absolute Gasteiger partial charge is 0.271 e. The van der Waals surface area contributed by atoms with E-state index in [0.29, 0.717) is 17.0 Å². The second-order valence-electron chi connectivity index (χ2n) is 4.22. The number of rotatable bonds is 3. The van der Waals surface area contributed by atoms with Crippen LogP contribution in [0.25, 0.3) is 0 Å². The Labute approximate surface area is 119 Å². The summed E-state index contributed by atoms with van der Waals surface area (Å²) in [6, 6.07) is 4.93. The van der Waals surface area contributed by atoms with Crippen molar-refractivity contribution < 1.29 is 9.59 Å². The molecule has 0 spiro atoms. The first-order chi connectivity index (χ1) is 8.40. The molecule has 0 fully saturated rings. The van der Waals surface area contributed by atoms with E-state index in [1.807, 2.05) is 13.8 Å². The second-order valence-corrected chi connectivity index (χ2v) is 5.55. The van der Waals surface area contributed by atoms with Gasteiger partial charge in [0.2, 0.25) is 5.91 Å². The third-order valence-electron chi connectivity index (χ3n) is 2.08. The molecule has 0 unspecified atom stereocenters. The van der Waals surface area contributed by atoms with E-state index in [-0.39, 0.29) is 11.8 Å². The molecule has 2 N–H and O–H groups in total. The Kier molecular flexibility index (Phi) is 5.62. The first-order valence-electron chi connectivity index (χ1n) is 5.44. The van der Waals surface area contributed by atoms with E-state index in [2.05, 4.69) is 26.8 Å². The minimum atomic E-state index is -0.446. The van der Waals surface area contributed by atoms with Crippen LogP contribution in [0.5, 0.6) is 0 Å². The summed E-state index contributed by atoms with van der Waals surface area (Å²) in [4.78, 5) is 23.1. The van der Waals surface area contributed by atoms with Crippen LogP contribution in [0, 0.1) is 5.92 Å². The van der Waals surface area contributed by atoms with E-state index in [4.69, 9.17) is 11.6 Å². The van der Waals surface area contributed by atoms with Gasteiger partial charge in [-0.1, -0.05) is 41.4 Å². The van der Waals surface area contributed by atoms with Gasteiger partial charge in [-0.15, -0.1) is 0 Å². The van der Waals surface area contributed by atoms with Crippen LogP contribution in [0.1, 0.15) is 30.6 Å². The molecule has 0 saturated heterocycles. The number of nitrogens with one attached hydrogen (secondary N) is 2. The van der Waals surface area contributed by atoms with Crippen molar-refractivity contribution in [3.63, 3.8) is 0 Å². The Hall–Kier alpha value is -1.07. The fourth-order valence-corrected chi connectivity index (χ4v) is 1.85. The van der Waals surface area contributed by atoms with Gasteiger partial charge in [0.25, 0.3) is 5.91 Å². The molecule has 0 saturated carbocycles. The summed E-state index contributed by atoms with van der Waals surface area (Å²) in [6.45, 7) is 3.85. The lowest BCUT2D eigenvalue weighted by atomic mass is 10.1. The van der Waals surface area contributed by atoms with Gasteiger partial charge in [0, 0.05) is 10.9 Å². The molecule has 0 atom stereocenters. The zero-order valence-electron chi connectivity index (χ0n) is 10.1. The number of amides is 2. The zero-order valence-corrected chi connectivity index (χ0v) is 12.4. The highest BCUT2D eigenvalue weighted by molar-refractivity contribution is 9.10. The number of halogens is 2. The van der Waals surface area contributed by atoms with Crippen LogP contribution < -0.4 is 10.9 Å². The van der Waals surface area contributed by atoms with Gasteiger partial charge in [0.1, 0.15) is 0 Å². The van der Waals surface area contributed by atoms with Crippen molar-refractivity contribution in [2.45, 2.75) is 20.3 Å². The van der Waals surface area contributed by atoms with Crippen LogP contribution in [-0.4, -0.2) is 11.8 Å². The highest BCUT2D eigenvalue weighted by Crippen LogP contribution is 2.20. The number of hydrazine groups is 1. The molecule has 4 nitrogen and oxygen atoms in total. The van der Waals surface area contributed by atoms with Gasteiger partial charge in [0.15, 0.2) is 0 Å². The number of hydrogen-bond donors (Lipinski definition) is 2. The predicted molar refractivity (Wildman–Crippen MR) is 74.2 cm³/mol. The number of benzene rings is 1. The maximum absolute atomic E-state index is 11.8. The maximum Gasteiger partial charge on any atom is 0.271 e. The average Bonchev–Trinajstić information content (AvgIpc) is 2.28. The molecule has 18 heavy (non-hydrogen) atoms. The summed E-state index contributed by atoms with van der Waals surface area (Å²) >= 11 is 9.15. The van der Waals surface area contributed by atoms with Gasteiger partial charge in [0.05, 0.1) is 10.6 Å². The Morgan fingerprint density at radius 2 is 2.00 bits per heavy atom. The third-order valence-corrected chi connectivity index (χ3v) is 2.90. The highest BCUT2D eigenvalue weighted by atomic mass is 79.9. The molecule has 1 rings (SSSR count). The molecular formula is C12H14BrClN2O2. The van der Waals surface area contributed by atoms with Gasteiger partial charge in [-0.3, -0.25) is 20.4 Å². The van der Waals surface area contributed by atoms with Gasteiger partial charge in [-0.05, 0) is 24.1 Å². The first-order valence-corrected chi connectivity index (χ1v) is 6.61. The Morgan fingerprint density at radius 3 is 2.61 bits per heavy atom. The van der Waals surface area contributed by atoms with Gasteiger partial charge >= 0.3 is 0 Å². The van der Waals surface area contributed by atoms with Crippen molar-refractivity contribution >= 4 is 39.3 Å². The topological polar surface area (TPSA) is 58.2 Å². The number of carbonyl (C=O) groups excluding carboxylic acids is 2. The average molecular weight is 334 g/mol. The molecule has 0 aromatic heterocycles. The van der Waals surface area contributed by atoms with E-state index in [9.17, 15) is 9.59 Å². The Bertz CT molecular complexity index is 463. The fourth-order valence-electron chi connectivity index (χ4n) is 1.29. The van der Waals surface area contributed by atoms with Crippen LogP contribution in [0.4, 0.5) is 0 Å². The summed E-state index contributed by atoms with van der Waals surface area (Å²) in [5, 5.41) is 0.328. The minimum absolute atomic E-state index is 0.232. The molecule has 1 aromatic carbocycles. The van der Waals surface area contributed by atoms with E-state index < -0.39 is 5.91 Å². The molecule has 6 heteroatoms. The zero-order chi connectivity index (χ0) is 13.7. The van der Waals surface area contributed by atoms with E-state index >= 15 is 0 Å². The Morgan fingerprint density at radius 1 is 1.33 bits per heavy atom. The van der Waals surface area contributed by atoms with Crippen LogP contribution in [0.15, 0.2) is 22.7 Å². The predicted octanol–water partition coefficient (Wildman–Crippen LogP) is 2.91. The fraction of sp³-hybridized carbons (Fsp3) is 0.333. The van der Waals surface area contributed by atoms with E-state index in [1.54, 1.807) is 18.2 Å². The molecule has 1 aromatic rings. The van der Waals surface area contributed by atoms with E-state index in [1.165, 1.54) is 0 Å². The summed E-state index contributed by atoms with van der Waals surface area (Å²) in [5.41, 5.74) is 4.98. The lowest BCUT2D eigenvalue weighted by Crippen LogP contribution is -2.42. The minimum Gasteiger partial charge on any atom is -0.273 e. The Balaban J connectivity index is 2.60. The van der Waals surface area contributed by atoms with Crippen molar-refractivity contribution in [1.29, 1.82) is 0 Å². The SMILES string of the molecule is CC(C)CC(=O)NNC(=O)c1cc(Br)ccc1Cl. The molecule has 0 bridgehead atoms. The highest BCUT2D eigenvalue weighted by Gasteiger charge is 2.12. The molecule has 0 aliphatic carbocycles.